The fourth-order valence-electron chi connectivity index (χ4n) is 3.09. The molecule has 0 aromatic heterocycles. The molecule has 1 saturated carbocycles. The summed E-state index contributed by atoms with van der Waals surface area (Å²) in [7, 11) is 0. The van der Waals surface area contributed by atoms with Gasteiger partial charge in [0.2, 0.25) is 0 Å². The van der Waals surface area contributed by atoms with Crippen molar-refractivity contribution in [1.82, 2.24) is 5.01 Å². The fourth-order valence-corrected chi connectivity index (χ4v) is 3.36. The maximum atomic E-state index is 12.2. The third-order valence-corrected chi connectivity index (χ3v) is 5.06. The fraction of sp³-hybridized carbons (Fsp3) is 0.529. The van der Waals surface area contributed by atoms with Crippen molar-refractivity contribution in [3.8, 4) is 0 Å². The molecular formula is C17H24BrN3O3. The molecular weight excluding hydrogens is 374 g/mol. The quantitative estimate of drug-likeness (QED) is 0.399. The molecule has 0 radical (unpaired) electrons. The van der Waals surface area contributed by atoms with Crippen LogP contribution in [-0.2, 0) is 4.79 Å². The monoisotopic (exact) mass is 397 g/mol. The van der Waals surface area contributed by atoms with Crippen LogP contribution in [0.5, 0.6) is 0 Å². The molecule has 1 aliphatic rings. The van der Waals surface area contributed by atoms with E-state index in [1.165, 1.54) is 6.42 Å². The normalized spacial score (nSPS) is 18.0. The Kier molecular flexibility index (Phi) is 6.91. The van der Waals surface area contributed by atoms with Crippen LogP contribution in [0, 0.1) is 5.92 Å². The summed E-state index contributed by atoms with van der Waals surface area (Å²) in [6.07, 6.45) is 4.77. The van der Waals surface area contributed by atoms with Crippen molar-refractivity contribution in [2.75, 3.05) is 0 Å². The highest BCUT2D eigenvalue weighted by Crippen LogP contribution is 2.27. The number of rotatable bonds is 5. The van der Waals surface area contributed by atoms with Gasteiger partial charge < -0.3 is 10.8 Å². The van der Waals surface area contributed by atoms with Crippen molar-refractivity contribution in [3.63, 3.8) is 0 Å². The average molecular weight is 398 g/mol. The first-order valence-electron chi connectivity index (χ1n) is 8.22. The van der Waals surface area contributed by atoms with E-state index in [9.17, 15) is 14.7 Å². The molecule has 1 fully saturated rings. The van der Waals surface area contributed by atoms with Crippen molar-refractivity contribution in [1.29, 1.82) is 0 Å². The van der Waals surface area contributed by atoms with Gasteiger partial charge in [-0.1, -0.05) is 48.0 Å². The van der Waals surface area contributed by atoms with E-state index in [0.29, 0.717) is 17.3 Å². The summed E-state index contributed by atoms with van der Waals surface area (Å²) < 4.78 is 0.809. The molecule has 7 heteroatoms. The van der Waals surface area contributed by atoms with Gasteiger partial charge in [-0.3, -0.25) is 9.59 Å². The van der Waals surface area contributed by atoms with E-state index in [1.54, 1.807) is 24.3 Å². The van der Waals surface area contributed by atoms with Crippen LogP contribution in [-0.4, -0.2) is 34.1 Å². The standard InChI is InChI=1S/C17H24BrN3O3/c18-13-8-6-12(7-9-13)16(23)21(20)17(24)15(22)14(19)10-11-4-2-1-3-5-11/h6-9,11,14-15,22H,1-5,10,19-20H2/t14-,15?/m1/s1. The minimum atomic E-state index is -1.48. The van der Waals surface area contributed by atoms with Crippen molar-refractivity contribution < 1.29 is 14.7 Å². The second kappa shape index (κ2) is 8.71. The minimum absolute atomic E-state index is 0.266. The van der Waals surface area contributed by atoms with E-state index in [2.05, 4.69) is 15.9 Å². The second-order valence-corrected chi connectivity index (χ2v) is 7.28. The topological polar surface area (TPSA) is 110 Å². The molecule has 1 unspecified atom stereocenters. The summed E-state index contributed by atoms with van der Waals surface area (Å²) in [5.41, 5.74) is 6.24. The van der Waals surface area contributed by atoms with E-state index in [0.717, 1.165) is 30.2 Å². The first-order chi connectivity index (χ1) is 11.4. The Hall–Kier alpha value is -1.28. The smallest absolute Gasteiger partial charge is 0.274 e. The largest absolute Gasteiger partial charge is 0.382 e. The van der Waals surface area contributed by atoms with E-state index < -0.39 is 24.0 Å². The van der Waals surface area contributed by atoms with Gasteiger partial charge in [-0.15, -0.1) is 0 Å². The molecule has 5 N–H and O–H groups in total. The van der Waals surface area contributed by atoms with Gasteiger partial charge in [0.05, 0.1) is 0 Å². The highest BCUT2D eigenvalue weighted by molar-refractivity contribution is 9.10. The SMILES string of the molecule is N[C@H](CC1CCCCC1)C(O)C(=O)N(N)C(=O)c1ccc(Br)cc1. The van der Waals surface area contributed by atoms with E-state index in [4.69, 9.17) is 11.6 Å². The molecule has 1 aromatic carbocycles. The summed E-state index contributed by atoms with van der Waals surface area (Å²) in [6.45, 7) is 0. The number of carbonyl (C=O) groups is 2. The van der Waals surface area contributed by atoms with E-state index >= 15 is 0 Å². The number of amides is 2. The molecule has 2 rings (SSSR count). The number of hydrazine groups is 1. The van der Waals surface area contributed by atoms with Crippen LogP contribution in [0.3, 0.4) is 0 Å². The van der Waals surface area contributed by atoms with Gasteiger partial charge in [-0.05, 0) is 36.6 Å². The number of aliphatic hydroxyl groups excluding tert-OH is 1. The number of carbonyl (C=O) groups excluding carboxylic acids is 2. The Morgan fingerprint density at radius 3 is 2.38 bits per heavy atom. The third kappa shape index (κ3) is 4.86. The lowest BCUT2D eigenvalue weighted by molar-refractivity contribution is -0.138. The van der Waals surface area contributed by atoms with Gasteiger partial charge in [0, 0.05) is 16.1 Å². The van der Waals surface area contributed by atoms with Crippen LogP contribution in [0.1, 0.15) is 48.9 Å². The van der Waals surface area contributed by atoms with Crippen LogP contribution in [0.15, 0.2) is 28.7 Å². The molecule has 2 amide bonds. The first kappa shape index (κ1) is 19.1. The third-order valence-electron chi connectivity index (χ3n) is 4.54. The highest BCUT2D eigenvalue weighted by Gasteiger charge is 2.31. The number of aliphatic hydroxyl groups is 1. The number of nitrogens with two attached hydrogens (primary N) is 2. The number of hydrogen-bond donors (Lipinski definition) is 3. The summed E-state index contributed by atoms with van der Waals surface area (Å²) in [4.78, 5) is 24.5. The number of benzene rings is 1. The van der Waals surface area contributed by atoms with Gasteiger partial charge in [0.25, 0.3) is 11.8 Å². The summed E-state index contributed by atoms with van der Waals surface area (Å²) in [5, 5.41) is 10.6. The van der Waals surface area contributed by atoms with Crippen LogP contribution < -0.4 is 11.6 Å². The second-order valence-electron chi connectivity index (χ2n) is 6.37. The van der Waals surface area contributed by atoms with Gasteiger partial charge in [-0.2, -0.15) is 0 Å². The van der Waals surface area contributed by atoms with E-state index in [-0.39, 0.29) is 5.56 Å². The molecule has 24 heavy (non-hydrogen) atoms. The number of nitrogens with zero attached hydrogens (tertiary/aromatic N) is 1. The van der Waals surface area contributed by atoms with Crippen LogP contribution in [0.2, 0.25) is 0 Å². The number of imide groups is 1. The lowest BCUT2D eigenvalue weighted by atomic mass is 9.84. The maximum absolute atomic E-state index is 12.2. The molecule has 6 nitrogen and oxygen atoms in total. The van der Waals surface area contributed by atoms with Crippen LogP contribution in [0.25, 0.3) is 0 Å². The minimum Gasteiger partial charge on any atom is -0.382 e. The lowest BCUT2D eigenvalue weighted by Gasteiger charge is -2.28. The zero-order chi connectivity index (χ0) is 17.7. The van der Waals surface area contributed by atoms with E-state index in [1.807, 2.05) is 0 Å². The van der Waals surface area contributed by atoms with Crippen LogP contribution in [0.4, 0.5) is 0 Å². The molecule has 132 valence electrons. The molecule has 0 aliphatic heterocycles. The summed E-state index contributed by atoms with van der Waals surface area (Å²) in [6, 6.07) is 5.74. The Bertz CT molecular complexity index is 573. The molecule has 1 aromatic rings. The number of halogens is 1. The van der Waals surface area contributed by atoms with Crippen molar-refractivity contribution >= 4 is 27.7 Å². The van der Waals surface area contributed by atoms with Crippen molar-refractivity contribution in [3.05, 3.63) is 34.3 Å². The first-order valence-corrected chi connectivity index (χ1v) is 9.01. The van der Waals surface area contributed by atoms with Gasteiger partial charge in [0.1, 0.15) is 6.10 Å². The molecule has 2 atom stereocenters. The Morgan fingerprint density at radius 2 is 1.79 bits per heavy atom. The average Bonchev–Trinajstić information content (AvgIpc) is 2.60. The van der Waals surface area contributed by atoms with Gasteiger partial charge in [-0.25, -0.2) is 10.9 Å². The Morgan fingerprint density at radius 1 is 1.21 bits per heavy atom. The molecule has 0 saturated heterocycles. The number of hydrogen-bond acceptors (Lipinski definition) is 5. The molecule has 0 spiro atoms. The highest BCUT2D eigenvalue weighted by atomic mass is 79.9. The van der Waals surface area contributed by atoms with Crippen LogP contribution >= 0.6 is 15.9 Å². The van der Waals surface area contributed by atoms with Crippen molar-refractivity contribution in [2.45, 2.75) is 50.7 Å². The molecule has 0 heterocycles. The Balaban J connectivity index is 1.95. The predicted octanol–water partition coefficient (Wildman–Crippen LogP) is 1.95. The predicted molar refractivity (Wildman–Crippen MR) is 94.7 cm³/mol. The molecule has 0 bridgehead atoms. The Labute approximate surface area is 150 Å². The summed E-state index contributed by atoms with van der Waals surface area (Å²) in [5.74, 6) is 4.49. The zero-order valence-electron chi connectivity index (χ0n) is 13.5. The van der Waals surface area contributed by atoms with Crippen molar-refractivity contribution in [2.24, 2.45) is 17.5 Å². The zero-order valence-corrected chi connectivity index (χ0v) is 15.1. The van der Waals surface area contributed by atoms with Gasteiger partial charge in [0.15, 0.2) is 0 Å². The summed E-state index contributed by atoms with van der Waals surface area (Å²) >= 11 is 3.27. The lowest BCUT2D eigenvalue weighted by Crippen LogP contribution is -2.53. The molecule has 1 aliphatic carbocycles. The van der Waals surface area contributed by atoms with Gasteiger partial charge >= 0.3 is 0 Å². The maximum Gasteiger partial charge on any atom is 0.274 e.